The van der Waals surface area contributed by atoms with Gasteiger partial charge in [-0.15, -0.1) is 0 Å². The first-order chi connectivity index (χ1) is 9.02. The summed E-state index contributed by atoms with van der Waals surface area (Å²) in [6.07, 6.45) is 3.81. The summed E-state index contributed by atoms with van der Waals surface area (Å²) >= 11 is 0. The lowest BCUT2D eigenvalue weighted by atomic mass is 10.0. The topological polar surface area (TPSA) is 54.0 Å². The smallest absolute Gasteiger partial charge is 0.270 e. The van der Waals surface area contributed by atoms with E-state index in [0.29, 0.717) is 11.6 Å². The summed E-state index contributed by atoms with van der Waals surface area (Å²) in [6.45, 7) is 9.29. The highest BCUT2D eigenvalue weighted by molar-refractivity contribution is 5.92. The Labute approximate surface area is 116 Å². The molecule has 0 fully saturated rings. The number of amides is 1. The van der Waals surface area contributed by atoms with E-state index >= 15 is 0 Å². The first-order valence-electron chi connectivity index (χ1n) is 7.03. The maximum absolute atomic E-state index is 12.0. The van der Waals surface area contributed by atoms with Crippen molar-refractivity contribution < 1.29 is 4.79 Å². The van der Waals surface area contributed by atoms with Crippen molar-refractivity contribution in [2.75, 3.05) is 11.9 Å². The molecule has 1 heterocycles. The predicted molar refractivity (Wildman–Crippen MR) is 79.4 cm³/mol. The maximum Gasteiger partial charge on any atom is 0.270 e. The fourth-order valence-electron chi connectivity index (χ4n) is 1.79. The van der Waals surface area contributed by atoms with Gasteiger partial charge >= 0.3 is 0 Å². The summed E-state index contributed by atoms with van der Waals surface area (Å²) in [7, 11) is 0. The molecule has 0 aromatic carbocycles. The molecule has 2 N–H and O–H groups in total. The Morgan fingerprint density at radius 2 is 2.00 bits per heavy atom. The van der Waals surface area contributed by atoms with Crippen LogP contribution in [0.5, 0.6) is 0 Å². The van der Waals surface area contributed by atoms with E-state index in [1.54, 1.807) is 12.3 Å². The first kappa shape index (κ1) is 15.5. The van der Waals surface area contributed by atoms with E-state index in [2.05, 4.69) is 29.5 Å². The molecule has 0 aliphatic carbocycles. The van der Waals surface area contributed by atoms with Gasteiger partial charge in [0.25, 0.3) is 5.91 Å². The molecule has 1 amide bonds. The van der Waals surface area contributed by atoms with Crippen LogP contribution in [-0.2, 0) is 0 Å². The summed E-state index contributed by atoms with van der Waals surface area (Å²) in [5.74, 6) is 0.566. The number of carbonyl (C=O) groups excluding carboxylic acids is 1. The van der Waals surface area contributed by atoms with Crippen molar-refractivity contribution in [1.29, 1.82) is 0 Å². The van der Waals surface area contributed by atoms with Crippen LogP contribution in [0.2, 0.25) is 0 Å². The molecule has 0 radical (unpaired) electrons. The Balaban J connectivity index is 2.48. The van der Waals surface area contributed by atoms with Gasteiger partial charge in [-0.05, 0) is 44.7 Å². The average Bonchev–Trinajstić information content (AvgIpc) is 2.37. The molecule has 0 aliphatic rings. The molecule has 4 heteroatoms. The van der Waals surface area contributed by atoms with Crippen molar-refractivity contribution in [3.05, 3.63) is 24.0 Å². The van der Waals surface area contributed by atoms with Gasteiger partial charge < -0.3 is 10.6 Å². The lowest BCUT2D eigenvalue weighted by molar-refractivity contribution is 0.0932. The molecule has 4 nitrogen and oxygen atoms in total. The number of nitrogens with one attached hydrogen (secondary N) is 2. The molecule has 1 aromatic rings. The van der Waals surface area contributed by atoms with Crippen LogP contribution in [0.3, 0.4) is 0 Å². The second-order valence-corrected chi connectivity index (χ2v) is 5.31. The van der Waals surface area contributed by atoms with Crippen molar-refractivity contribution in [2.45, 2.75) is 46.6 Å². The minimum atomic E-state index is -0.0979. The van der Waals surface area contributed by atoms with Gasteiger partial charge in [-0.25, -0.2) is 4.98 Å². The molecule has 0 saturated heterocycles. The Kier molecular flexibility index (Phi) is 6.33. The van der Waals surface area contributed by atoms with E-state index in [1.807, 2.05) is 19.9 Å². The molecule has 1 rings (SSSR count). The Morgan fingerprint density at radius 1 is 1.26 bits per heavy atom. The van der Waals surface area contributed by atoms with Gasteiger partial charge in [0.1, 0.15) is 5.69 Å². The third-order valence-corrected chi connectivity index (χ3v) is 2.93. The molecular weight excluding hydrogens is 238 g/mol. The molecule has 19 heavy (non-hydrogen) atoms. The van der Waals surface area contributed by atoms with Gasteiger partial charge in [0.2, 0.25) is 0 Å². The second-order valence-electron chi connectivity index (χ2n) is 5.31. The van der Waals surface area contributed by atoms with Gasteiger partial charge in [0, 0.05) is 12.6 Å². The third kappa shape index (κ3) is 5.73. The number of carbonyl (C=O) groups is 1. The van der Waals surface area contributed by atoms with Crippen molar-refractivity contribution in [3.8, 4) is 0 Å². The molecule has 1 aromatic heterocycles. The molecule has 1 atom stereocenters. The minimum absolute atomic E-state index is 0.0979. The van der Waals surface area contributed by atoms with Crippen LogP contribution in [-0.4, -0.2) is 23.5 Å². The summed E-state index contributed by atoms with van der Waals surface area (Å²) in [5, 5.41) is 6.13. The van der Waals surface area contributed by atoms with E-state index in [1.165, 1.54) is 0 Å². The van der Waals surface area contributed by atoms with E-state index in [0.717, 1.165) is 25.1 Å². The monoisotopic (exact) mass is 263 g/mol. The molecule has 106 valence electrons. The van der Waals surface area contributed by atoms with Crippen LogP contribution in [0.4, 0.5) is 5.69 Å². The Hall–Kier alpha value is -1.58. The van der Waals surface area contributed by atoms with E-state index in [9.17, 15) is 4.79 Å². The zero-order chi connectivity index (χ0) is 14.3. The van der Waals surface area contributed by atoms with Crippen LogP contribution in [0, 0.1) is 5.92 Å². The summed E-state index contributed by atoms with van der Waals surface area (Å²) in [4.78, 5) is 16.1. The van der Waals surface area contributed by atoms with Gasteiger partial charge in [0.05, 0.1) is 11.9 Å². The SMILES string of the molecule is CCNc1ccc(C(=O)NC(C)CCC(C)C)nc1. The van der Waals surface area contributed by atoms with Crippen molar-refractivity contribution in [2.24, 2.45) is 5.92 Å². The van der Waals surface area contributed by atoms with Crippen molar-refractivity contribution >= 4 is 11.6 Å². The molecular formula is C15H25N3O. The highest BCUT2D eigenvalue weighted by Gasteiger charge is 2.11. The number of anilines is 1. The molecule has 0 saturated carbocycles. The van der Waals surface area contributed by atoms with Gasteiger partial charge in [-0.1, -0.05) is 13.8 Å². The summed E-state index contributed by atoms with van der Waals surface area (Å²) < 4.78 is 0. The van der Waals surface area contributed by atoms with Crippen molar-refractivity contribution in [3.63, 3.8) is 0 Å². The number of pyridine rings is 1. The Morgan fingerprint density at radius 3 is 2.53 bits per heavy atom. The van der Waals surface area contributed by atoms with E-state index in [4.69, 9.17) is 0 Å². The summed E-state index contributed by atoms with van der Waals surface area (Å²) in [5.41, 5.74) is 1.41. The maximum atomic E-state index is 12.0. The van der Waals surface area contributed by atoms with Crippen molar-refractivity contribution in [1.82, 2.24) is 10.3 Å². The van der Waals surface area contributed by atoms with Gasteiger partial charge in [-0.2, -0.15) is 0 Å². The van der Waals surface area contributed by atoms with Crippen LogP contribution in [0.1, 0.15) is 51.0 Å². The number of hydrogen-bond donors (Lipinski definition) is 2. The fraction of sp³-hybridized carbons (Fsp3) is 0.600. The van der Waals surface area contributed by atoms with E-state index in [-0.39, 0.29) is 11.9 Å². The molecule has 0 spiro atoms. The second kappa shape index (κ2) is 7.77. The molecule has 0 bridgehead atoms. The van der Waals surface area contributed by atoms with E-state index < -0.39 is 0 Å². The third-order valence-electron chi connectivity index (χ3n) is 2.93. The standard InChI is InChI=1S/C15H25N3O/c1-5-16-13-8-9-14(17-10-13)15(19)18-12(4)7-6-11(2)3/h8-12,16H,5-7H2,1-4H3,(H,18,19). The minimum Gasteiger partial charge on any atom is -0.384 e. The highest BCUT2D eigenvalue weighted by Crippen LogP contribution is 2.08. The highest BCUT2D eigenvalue weighted by atomic mass is 16.1. The zero-order valence-electron chi connectivity index (χ0n) is 12.4. The quantitative estimate of drug-likeness (QED) is 0.795. The first-order valence-corrected chi connectivity index (χ1v) is 7.03. The van der Waals surface area contributed by atoms with Crippen LogP contribution < -0.4 is 10.6 Å². The normalized spacial score (nSPS) is 12.3. The lowest BCUT2D eigenvalue weighted by Gasteiger charge is -2.14. The predicted octanol–water partition coefficient (Wildman–Crippen LogP) is 3.07. The zero-order valence-corrected chi connectivity index (χ0v) is 12.4. The number of hydrogen-bond acceptors (Lipinski definition) is 3. The van der Waals surface area contributed by atoms with Crippen LogP contribution in [0.25, 0.3) is 0 Å². The fourth-order valence-corrected chi connectivity index (χ4v) is 1.79. The van der Waals surface area contributed by atoms with Crippen LogP contribution in [0.15, 0.2) is 18.3 Å². The lowest BCUT2D eigenvalue weighted by Crippen LogP contribution is -2.33. The van der Waals surface area contributed by atoms with Gasteiger partial charge in [0.15, 0.2) is 0 Å². The number of aromatic nitrogens is 1. The number of rotatable bonds is 7. The summed E-state index contributed by atoms with van der Waals surface area (Å²) in [6, 6.07) is 3.82. The average molecular weight is 263 g/mol. The molecule has 0 aliphatic heterocycles. The molecule has 1 unspecified atom stereocenters. The van der Waals surface area contributed by atoms with Gasteiger partial charge in [-0.3, -0.25) is 4.79 Å². The number of nitrogens with zero attached hydrogens (tertiary/aromatic N) is 1. The largest absolute Gasteiger partial charge is 0.384 e. The van der Waals surface area contributed by atoms with Crippen LogP contribution >= 0.6 is 0 Å². The Bertz CT molecular complexity index is 387.